The van der Waals surface area contributed by atoms with Crippen molar-refractivity contribution in [2.24, 2.45) is 0 Å². The smallest absolute Gasteiger partial charge is 0.406 e. The van der Waals surface area contributed by atoms with E-state index in [2.05, 4.69) is 16.6 Å². The number of esters is 1. The Kier molecular flexibility index (Phi) is 10.6. The highest BCUT2D eigenvalue weighted by atomic mass is 16.5. The molecule has 0 spiro atoms. The lowest BCUT2D eigenvalue weighted by atomic mass is 10.1. The molecule has 0 aliphatic rings. The van der Waals surface area contributed by atoms with Crippen LogP contribution in [0.25, 0.3) is 0 Å². The number of amides is 1. The fourth-order valence-electron chi connectivity index (χ4n) is 1.48. The van der Waals surface area contributed by atoms with Crippen LogP contribution in [0.3, 0.4) is 0 Å². The fraction of sp³-hybridized carbons (Fsp3) is 0.714. The van der Waals surface area contributed by atoms with Crippen LogP contribution in [0.1, 0.15) is 45.4 Å². The number of carbonyl (C=O) groups is 2. The van der Waals surface area contributed by atoms with E-state index in [1.165, 1.54) is 7.11 Å². The number of rotatable bonds is 10. The molecule has 0 saturated carbocycles. The molecule has 0 rings (SSSR count). The van der Waals surface area contributed by atoms with E-state index in [4.69, 9.17) is 4.74 Å². The standard InChI is InChI=1S/C14H25NO4/c1-12(2)13(16)19-11-9-7-5-4-6-8-10-15-14(17)18-3/h1,4-11H2,2-3H3,(H,15,17). The molecule has 0 aliphatic carbocycles. The summed E-state index contributed by atoms with van der Waals surface area (Å²) in [6.45, 7) is 6.28. The summed E-state index contributed by atoms with van der Waals surface area (Å²) in [6, 6.07) is 0. The highest BCUT2D eigenvalue weighted by molar-refractivity contribution is 5.86. The maximum Gasteiger partial charge on any atom is 0.406 e. The third-order valence-electron chi connectivity index (χ3n) is 2.61. The molecule has 19 heavy (non-hydrogen) atoms. The second-order valence-electron chi connectivity index (χ2n) is 4.46. The molecular weight excluding hydrogens is 246 g/mol. The summed E-state index contributed by atoms with van der Waals surface area (Å²) >= 11 is 0. The Morgan fingerprint density at radius 3 is 2.21 bits per heavy atom. The van der Waals surface area contributed by atoms with Crippen molar-refractivity contribution in [3.05, 3.63) is 12.2 Å². The first-order valence-electron chi connectivity index (χ1n) is 6.72. The van der Waals surface area contributed by atoms with Gasteiger partial charge in [0, 0.05) is 12.1 Å². The number of carbonyl (C=O) groups excluding carboxylic acids is 2. The van der Waals surface area contributed by atoms with Crippen molar-refractivity contribution >= 4 is 12.1 Å². The Balaban J connectivity index is 3.17. The van der Waals surface area contributed by atoms with E-state index >= 15 is 0 Å². The molecule has 0 atom stereocenters. The molecule has 0 heterocycles. The van der Waals surface area contributed by atoms with Crippen LogP contribution in [0.2, 0.25) is 0 Å². The maximum absolute atomic E-state index is 11.1. The largest absolute Gasteiger partial charge is 0.462 e. The van der Waals surface area contributed by atoms with Gasteiger partial charge in [-0.05, 0) is 19.8 Å². The number of methoxy groups -OCH3 is 1. The van der Waals surface area contributed by atoms with E-state index in [9.17, 15) is 9.59 Å². The van der Waals surface area contributed by atoms with Crippen LogP contribution in [0, 0.1) is 0 Å². The molecule has 0 aromatic heterocycles. The highest BCUT2D eigenvalue weighted by Gasteiger charge is 2.01. The third kappa shape index (κ3) is 11.3. The fourth-order valence-corrected chi connectivity index (χ4v) is 1.48. The number of unbranched alkanes of at least 4 members (excludes halogenated alkanes) is 5. The number of alkyl carbamates (subject to hydrolysis) is 1. The lowest BCUT2D eigenvalue weighted by molar-refractivity contribution is -0.139. The van der Waals surface area contributed by atoms with Crippen molar-refractivity contribution < 1.29 is 19.1 Å². The highest BCUT2D eigenvalue weighted by Crippen LogP contribution is 2.05. The number of nitrogens with one attached hydrogen (secondary N) is 1. The van der Waals surface area contributed by atoms with Crippen LogP contribution < -0.4 is 5.32 Å². The normalized spacial score (nSPS) is 9.79. The zero-order valence-electron chi connectivity index (χ0n) is 12.0. The molecule has 0 radical (unpaired) electrons. The van der Waals surface area contributed by atoms with E-state index in [1.54, 1.807) is 6.92 Å². The van der Waals surface area contributed by atoms with Crippen molar-refractivity contribution in [1.82, 2.24) is 5.32 Å². The van der Waals surface area contributed by atoms with Crippen molar-refractivity contribution in [3.63, 3.8) is 0 Å². The summed E-state index contributed by atoms with van der Waals surface area (Å²) in [7, 11) is 1.36. The molecule has 5 heteroatoms. The Morgan fingerprint density at radius 2 is 1.63 bits per heavy atom. The van der Waals surface area contributed by atoms with Crippen LogP contribution in [-0.4, -0.2) is 32.3 Å². The van der Waals surface area contributed by atoms with Gasteiger partial charge >= 0.3 is 12.1 Å². The van der Waals surface area contributed by atoms with Gasteiger partial charge in [0.15, 0.2) is 0 Å². The molecule has 0 saturated heterocycles. The van der Waals surface area contributed by atoms with Crippen molar-refractivity contribution in [2.45, 2.75) is 45.4 Å². The Morgan fingerprint density at radius 1 is 1.05 bits per heavy atom. The molecule has 0 bridgehead atoms. The third-order valence-corrected chi connectivity index (χ3v) is 2.61. The zero-order chi connectivity index (χ0) is 14.5. The van der Waals surface area contributed by atoms with Gasteiger partial charge in [0.05, 0.1) is 13.7 Å². The van der Waals surface area contributed by atoms with Crippen molar-refractivity contribution in [2.75, 3.05) is 20.3 Å². The van der Waals surface area contributed by atoms with Gasteiger partial charge in [-0.1, -0.05) is 32.3 Å². The minimum absolute atomic E-state index is 0.311. The molecule has 1 amide bonds. The SMILES string of the molecule is C=C(C)C(=O)OCCCCCCCCNC(=O)OC. The summed E-state index contributed by atoms with van der Waals surface area (Å²) in [6.07, 6.45) is 5.84. The van der Waals surface area contributed by atoms with Crippen LogP contribution in [0.4, 0.5) is 4.79 Å². The predicted octanol–water partition coefficient (Wildman–Crippen LogP) is 2.80. The molecule has 0 aromatic carbocycles. The zero-order valence-corrected chi connectivity index (χ0v) is 12.0. The summed E-state index contributed by atoms with van der Waals surface area (Å²) in [5, 5.41) is 2.64. The minimum Gasteiger partial charge on any atom is -0.462 e. The Bertz CT molecular complexity index is 289. The molecule has 0 fully saturated rings. The minimum atomic E-state index is -0.376. The van der Waals surface area contributed by atoms with E-state index in [0.29, 0.717) is 18.7 Å². The molecule has 1 N–H and O–H groups in total. The van der Waals surface area contributed by atoms with E-state index < -0.39 is 0 Å². The van der Waals surface area contributed by atoms with E-state index in [1.807, 2.05) is 0 Å². The molecule has 0 unspecified atom stereocenters. The average Bonchev–Trinajstić information content (AvgIpc) is 2.39. The number of ether oxygens (including phenoxy) is 2. The molecule has 110 valence electrons. The molecular formula is C14H25NO4. The summed E-state index contributed by atoms with van der Waals surface area (Å²) in [5.41, 5.74) is 0.443. The van der Waals surface area contributed by atoms with Crippen molar-refractivity contribution in [3.8, 4) is 0 Å². The Labute approximate surface area is 115 Å². The van der Waals surface area contributed by atoms with E-state index in [-0.39, 0.29) is 12.1 Å². The van der Waals surface area contributed by atoms with Crippen molar-refractivity contribution in [1.29, 1.82) is 0 Å². The second kappa shape index (κ2) is 11.6. The summed E-state index contributed by atoms with van der Waals surface area (Å²) < 4.78 is 9.45. The quantitative estimate of drug-likeness (QED) is 0.377. The van der Waals surface area contributed by atoms with Crippen LogP contribution in [0.5, 0.6) is 0 Å². The van der Waals surface area contributed by atoms with Gasteiger partial charge in [0.1, 0.15) is 0 Å². The lowest BCUT2D eigenvalue weighted by Crippen LogP contribution is -2.23. The first-order valence-corrected chi connectivity index (χ1v) is 6.72. The summed E-state index contributed by atoms with van der Waals surface area (Å²) in [4.78, 5) is 21.8. The van der Waals surface area contributed by atoms with E-state index in [0.717, 1.165) is 38.5 Å². The first kappa shape index (κ1) is 17.5. The van der Waals surface area contributed by atoms with Crippen LogP contribution in [-0.2, 0) is 14.3 Å². The van der Waals surface area contributed by atoms with Gasteiger partial charge in [-0.3, -0.25) is 0 Å². The molecule has 0 aromatic rings. The monoisotopic (exact) mass is 271 g/mol. The van der Waals surface area contributed by atoms with Gasteiger partial charge in [0.25, 0.3) is 0 Å². The number of hydrogen-bond donors (Lipinski definition) is 1. The topological polar surface area (TPSA) is 64.6 Å². The molecule has 0 aliphatic heterocycles. The van der Waals surface area contributed by atoms with Gasteiger partial charge < -0.3 is 14.8 Å². The van der Waals surface area contributed by atoms with Gasteiger partial charge in [-0.25, -0.2) is 9.59 Å². The summed E-state index contributed by atoms with van der Waals surface area (Å²) in [5.74, 6) is -0.311. The van der Waals surface area contributed by atoms with Crippen LogP contribution >= 0.6 is 0 Å². The number of hydrogen-bond acceptors (Lipinski definition) is 4. The second-order valence-corrected chi connectivity index (χ2v) is 4.46. The maximum atomic E-state index is 11.1. The van der Waals surface area contributed by atoms with Gasteiger partial charge in [-0.2, -0.15) is 0 Å². The van der Waals surface area contributed by atoms with Crippen LogP contribution in [0.15, 0.2) is 12.2 Å². The van der Waals surface area contributed by atoms with Gasteiger partial charge in [0.2, 0.25) is 0 Å². The molecule has 5 nitrogen and oxygen atoms in total. The predicted molar refractivity (Wildman–Crippen MR) is 73.9 cm³/mol. The Hall–Kier alpha value is -1.52. The lowest BCUT2D eigenvalue weighted by Gasteiger charge is -2.05. The van der Waals surface area contributed by atoms with Gasteiger partial charge in [-0.15, -0.1) is 0 Å². The average molecular weight is 271 g/mol. The first-order chi connectivity index (χ1) is 9.07.